The van der Waals surface area contributed by atoms with Gasteiger partial charge in [0, 0.05) is 61.5 Å². The van der Waals surface area contributed by atoms with Crippen molar-refractivity contribution in [2.75, 3.05) is 31.1 Å². The van der Waals surface area contributed by atoms with Crippen LogP contribution in [0, 0.1) is 0 Å². The lowest BCUT2D eigenvalue weighted by Crippen LogP contribution is -2.48. The standard InChI is InChI=1S/C21H20ClN3O3/c1-13(26)24-6-8-25(9-7-24)15-4-2-14(3-5-15)16-10-17-18(21(27)28)12-23-20(17)11-19(16)22/h2-5,10-12,23H,6-9H2,1H3,(H,27,28). The van der Waals surface area contributed by atoms with Crippen molar-refractivity contribution in [3.05, 3.63) is 53.2 Å². The van der Waals surface area contributed by atoms with Gasteiger partial charge < -0.3 is 19.9 Å². The maximum atomic E-state index is 11.5. The second-order valence-electron chi connectivity index (χ2n) is 6.93. The summed E-state index contributed by atoms with van der Waals surface area (Å²) in [4.78, 5) is 29.9. The molecule has 0 aliphatic carbocycles. The summed E-state index contributed by atoms with van der Waals surface area (Å²) >= 11 is 6.45. The molecule has 6 nitrogen and oxygen atoms in total. The van der Waals surface area contributed by atoms with E-state index in [0.717, 1.165) is 43.0 Å². The van der Waals surface area contributed by atoms with Crippen molar-refractivity contribution < 1.29 is 14.7 Å². The lowest BCUT2D eigenvalue weighted by molar-refractivity contribution is -0.129. The van der Waals surface area contributed by atoms with E-state index in [-0.39, 0.29) is 11.5 Å². The largest absolute Gasteiger partial charge is 0.478 e. The van der Waals surface area contributed by atoms with Gasteiger partial charge in [-0.05, 0) is 29.8 Å². The number of nitrogens with zero attached hydrogens (tertiary/aromatic N) is 2. The third-order valence-electron chi connectivity index (χ3n) is 5.27. The Bertz CT molecular complexity index is 1050. The molecule has 1 amide bonds. The molecule has 0 saturated carbocycles. The first-order valence-electron chi connectivity index (χ1n) is 9.09. The average Bonchev–Trinajstić information content (AvgIpc) is 3.10. The van der Waals surface area contributed by atoms with Crippen LogP contribution < -0.4 is 4.90 Å². The number of anilines is 1. The fourth-order valence-corrected chi connectivity index (χ4v) is 3.95. The topological polar surface area (TPSA) is 76.6 Å². The Labute approximate surface area is 167 Å². The number of hydrogen-bond donors (Lipinski definition) is 2. The number of carbonyl (C=O) groups is 2. The van der Waals surface area contributed by atoms with E-state index in [2.05, 4.69) is 9.88 Å². The van der Waals surface area contributed by atoms with Crippen molar-refractivity contribution in [2.24, 2.45) is 0 Å². The lowest BCUT2D eigenvalue weighted by atomic mass is 10.0. The zero-order chi connectivity index (χ0) is 19.8. The predicted octanol–water partition coefficient (Wildman–Crippen LogP) is 3.86. The third-order valence-corrected chi connectivity index (χ3v) is 5.58. The molecule has 0 spiro atoms. The zero-order valence-electron chi connectivity index (χ0n) is 15.4. The van der Waals surface area contributed by atoms with Crippen molar-refractivity contribution in [3.63, 3.8) is 0 Å². The van der Waals surface area contributed by atoms with Crippen LogP contribution in [0.2, 0.25) is 5.02 Å². The Morgan fingerprint density at radius 2 is 1.75 bits per heavy atom. The van der Waals surface area contributed by atoms with Gasteiger partial charge in [0.1, 0.15) is 0 Å². The molecule has 0 unspecified atom stereocenters. The number of H-pyrrole nitrogens is 1. The highest BCUT2D eigenvalue weighted by atomic mass is 35.5. The van der Waals surface area contributed by atoms with Crippen molar-refractivity contribution in [1.82, 2.24) is 9.88 Å². The summed E-state index contributed by atoms with van der Waals surface area (Å²) < 4.78 is 0. The lowest BCUT2D eigenvalue weighted by Gasteiger charge is -2.35. The summed E-state index contributed by atoms with van der Waals surface area (Å²) in [5, 5.41) is 10.6. The number of benzene rings is 2. The normalized spacial score (nSPS) is 14.5. The number of piperazine rings is 1. The summed E-state index contributed by atoms with van der Waals surface area (Å²) in [7, 11) is 0. The van der Waals surface area contributed by atoms with Crippen LogP contribution in [0.3, 0.4) is 0 Å². The molecule has 7 heteroatoms. The van der Waals surface area contributed by atoms with Crippen LogP contribution in [0.25, 0.3) is 22.0 Å². The van der Waals surface area contributed by atoms with Gasteiger partial charge in [0.05, 0.1) is 10.6 Å². The molecular formula is C21H20ClN3O3. The smallest absolute Gasteiger partial charge is 0.337 e. The summed E-state index contributed by atoms with van der Waals surface area (Å²) in [6, 6.07) is 11.6. The second-order valence-corrected chi connectivity index (χ2v) is 7.33. The van der Waals surface area contributed by atoms with Gasteiger partial charge >= 0.3 is 5.97 Å². The van der Waals surface area contributed by atoms with Crippen LogP contribution in [0.1, 0.15) is 17.3 Å². The monoisotopic (exact) mass is 397 g/mol. The van der Waals surface area contributed by atoms with Gasteiger partial charge in [-0.1, -0.05) is 23.7 Å². The third kappa shape index (κ3) is 3.31. The van der Waals surface area contributed by atoms with E-state index in [4.69, 9.17) is 11.6 Å². The van der Waals surface area contributed by atoms with Crippen molar-refractivity contribution >= 4 is 40.1 Å². The van der Waals surface area contributed by atoms with Gasteiger partial charge in [0.15, 0.2) is 0 Å². The quantitative estimate of drug-likeness (QED) is 0.703. The maximum absolute atomic E-state index is 11.5. The molecule has 28 heavy (non-hydrogen) atoms. The Morgan fingerprint density at radius 3 is 2.36 bits per heavy atom. The number of hydrogen-bond acceptors (Lipinski definition) is 3. The van der Waals surface area contributed by atoms with Crippen molar-refractivity contribution in [1.29, 1.82) is 0 Å². The minimum atomic E-state index is -0.973. The molecule has 3 aromatic rings. The van der Waals surface area contributed by atoms with E-state index < -0.39 is 5.97 Å². The van der Waals surface area contributed by atoms with E-state index in [1.807, 2.05) is 35.2 Å². The molecule has 144 valence electrons. The van der Waals surface area contributed by atoms with Gasteiger partial charge in [-0.15, -0.1) is 0 Å². The van der Waals surface area contributed by atoms with E-state index in [9.17, 15) is 14.7 Å². The average molecular weight is 398 g/mol. The number of aromatic amines is 1. The Morgan fingerprint density at radius 1 is 1.07 bits per heavy atom. The SMILES string of the molecule is CC(=O)N1CCN(c2ccc(-c3cc4c(C(=O)O)c[nH]c4cc3Cl)cc2)CC1. The Balaban J connectivity index is 1.60. The van der Waals surface area contributed by atoms with Crippen LogP contribution in [0.15, 0.2) is 42.6 Å². The minimum absolute atomic E-state index is 0.116. The number of rotatable bonds is 3. The van der Waals surface area contributed by atoms with Crippen LogP contribution in [-0.2, 0) is 4.79 Å². The predicted molar refractivity (Wildman–Crippen MR) is 110 cm³/mol. The fourth-order valence-electron chi connectivity index (χ4n) is 3.67. The van der Waals surface area contributed by atoms with E-state index >= 15 is 0 Å². The van der Waals surface area contributed by atoms with Crippen molar-refractivity contribution in [2.45, 2.75) is 6.92 Å². The molecule has 1 aliphatic rings. The first-order valence-corrected chi connectivity index (χ1v) is 9.46. The number of halogens is 1. The molecule has 1 aromatic heterocycles. The molecule has 0 atom stereocenters. The van der Waals surface area contributed by atoms with Gasteiger partial charge in [0.2, 0.25) is 5.91 Å². The fraction of sp³-hybridized carbons (Fsp3) is 0.238. The molecule has 2 N–H and O–H groups in total. The minimum Gasteiger partial charge on any atom is -0.478 e. The molecule has 1 fully saturated rings. The zero-order valence-corrected chi connectivity index (χ0v) is 16.2. The summed E-state index contributed by atoms with van der Waals surface area (Å²) in [5.74, 6) is -0.856. The maximum Gasteiger partial charge on any atom is 0.337 e. The number of nitrogens with one attached hydrogen (secondary N) is 1. The molecule has 1 saturated heterocycles. The second kappa shape index (κ2) is 7.20. The summed E-state index contributed by atoms with van der Waals surface area (Å²) in [6.07, 6.45) is 1.48. The van der Waals surface area contributed by atoms with E-state index in [0.29, 0.717) is 15.9 Å². The van der Waals surface area contributed by atoms with Gasteiger partial charge in [0.25, 0.3) is 0 Å². The number of fused-ring (bicyclic) bond motifs is 1. The van der Waals surface area contributed by atoms with E-state index in [1.165, 1.54) is 6.20 Å². The molecule has 1 aliphatic heterocycles. The number of amides is 1. The van der Waals surface area contributed by atoms with Crippen LogP contribution in [-0.4, -0.2) is 53.0 Å². The number of carboxylic acids is 1. The number of carbonyl (C=O) groups excluding carboxylic acids is 1. The highest BCUT2D eigenvalue weighted by molar-refractivity contribution is 6.34. The molecule has 0 bridgehead atoms. The summed E-state index contributed by atoms with van der Waals surface area (Å²) in [6.45, 7) is 4.66. The van der Waals surface area contributed by atoms with Gasteiger partial charge in [-0.2, -0.15) is 0 Å². The van der Waals surface area contributed by atoms with Crippen LogP contribution in [0.5, 0.6) is 0 Å². The molecule has 0 radical (unpaired) electrons. The van der Waals surface area contributed by atoms with Gasteiger partial charge in [-0.3, -0.25) is 4.79 Å². The highest BCUT2D eigenvalue weighted by Crippen LogP contribution is 2.34. The molecular weight excluding hydrogens is 378 g/mol. The summed E-state index contributed by atoms with van der Waals surface area (Å²) in [5.41, 5.74) is 3.75. The number of carboxylic acid groups (broad SMARTS) is 1. The number of aromatic carboxylic acids is 1. The molecule has 2 aromatic carbocycles. The molecule has 4 rings (SSSR count). The Kier molecular flexibility index (Phi) is 4.73. The van der Waals surface area contributed by atoms with Crippen LogP contribution >= 0.6 is 11.6 Å². The van der Waals surface area contributed by atoms with E-state index in [1.54, 1.807) is 13.0 Å². The van der Waals surface area contributed by atoms with Crippen molar-refractivity contribution in [3.8, 4) is 11.1 Å². The molecule has 2 heterocycles. The number of aromatic nitrogens is 1. The van der Waals surface area contributed by atoms with Crippen LogP contribution in [0.4, 0.5) is 5.69 Å². The highest BCUT2D eigenvalue weighted by Gasteiger charge is 2.19. The first kappa shape index (κ1) is 18.4. The Hall–Kier alpha value is -2.99. The van der Waals surface area contributed by atoms with Gasteiger partial charge in [-0.25, -0.2) is 4.79 Å². The first-order chi connectivity index (χ1) is 13.4.